The first-order chi connectivity index (χ1) is 9.08. The number of H-pyrrole nitrogens is 1. The first-order valence-electron chi connectivity index (χ1n) is 6.56. The lowest BCUT2D eigenvalue weighted by Crippen LogP contribution is -2.21. The quantitative estimate of drug-likeness (QED) is 0.870. The molecule has 5 nitrogen and oxygen atoms in total. The SMILES string of the molecule is CCCC(CC)n1c(=O)[nH]c2ccc(C(=O)O)cc21. The van der Waals surface area contributed by atoms with Crippen LogP contribution in [0.2, 0.25) is 0 Å². The molecule has 1 aromatic heterocycles. The number of benzene rings is 1. The van der Waals surface area contributed by atoms with Gasteiger partial charge in [-0.2, -0.15) is 0 Å². The molecule has 19 heavy (non-hydrogen) atoms. The average molecular weight is 262 g/mol. The highest BCUT2D eigenvalue weighted by molar-refractivity contribution is 5.92. The number of carbonyl (C=O) groups is 1. The monoisotopic (exact) mass is 262 g/mol. The summed E-state index contributed by atoms with van der Waals surface area (Å²) < 4.78 is 1.69. The molecule has 1 atom stereocenters. The standard InChI is InChI=1S/C14H18N2O3/c1-3-5-10(4-2)16-12-8-9(13(17)18)6-7-11(12)15-14(16)19/h6-8,10H,3-5H2,1-2H3,(H,15,19)(H,17,18). The van der Waals surface area contributed by atoms with Crippen molar-refractivity contribution in [3.05, 3.63) is 34.2 Å². The van der Waals surface area contributed by atoms with Crippen molar-refractivity contribution in [1.29, 1.82) is 0 Å². The van der Waals surface area contributed by atoms with E-state index >= 15 is 0 Å². The molecular weight excluding hydrogens is 244 g/mol. The number of aromatic nitrogens is 2. The van der Waals surface area contributed by atoms with Gasteiger partial charge in [0.05, 0.1) is 16.6 Å². The Morgan fingerprint density at radius 2 is 2.16 bits per heavy atom. The Morgan fingerprint density at radius 1 is 1.42 bits per heavy atom. The number of imidazole rings is 1. The third kappa shape index (κ3) is 2.41. The van der Waals surface area contributed by atoms with Gasteiger partial charge in [-0.15, -0.1) is 0 Å². The van der Waals surface area contributed by atoms with Crippen LogP contribution in [0, 0.1) is 0 Å². The second-order valence-electron chi connectivity index (χ2n) is 4.69. The third-order valence-electron chi connectivity index (χ3n) is 3.42. The molecule has 0 spiro atoms. The van der Waals surface area contributed by atoms with E-state index in [1.165, 1.54) is 6.07 Å². The van der Waals surface area contributed by atoms with Crippen molar-refractivity contribution in [2.24, 2.45) is 0 Å². The summed E-state index contributed by atoms with van der Waals surface area (Å²) in [4.78, 5) is 25.9. The summed E-state index contributed by atoms with van der Waals surface area (Å²) in [5.41, 5.74) is 1.39. The summed E-state index contributed by atoms with van der Waals surface area (Å²) in [5.74, 6) is -0.981. The summed E-state index contributed by atoms with van der Waals surface area (Å²) in [6.07, 6.45) is 2.73. The van der Waals surface area contributed by atoms with E-state index in [0.717, 1.165) is 19.3 Å². The van der Waals surface area contributed by atoms with Crippen LogP contribution in [0.1, 0.15) is 49.5 Å². The fourth-order valence-electron chi connectivity index (χ4n) is 2.47. The predicted molar refractivity (Wildman–Crippen MR) is 73.8 cm³/mol. The van der Waals surface area contributed by atoms with Crippen LogP contribution < -0.4 is 5.69 Å². The van der Waals surface area contributed by atoms with Gasteiger partial charge in [-0.3, -0.25) is 4.57 Å². The van der Waals surface area contributed by atoms with Gasteiger partial charge in [0.25, 0.3) is 0 Å². The molecule has 102 valence electrons. The molecule has 1 heterocycles. The highest BCUT2D eigenvalue weighted by Gasteiger charge is 2.16. The van der Waals surface area contributed by atoms with Crippen molar-refractivity contribution in [2.75, 3.05) is 0 Å². The molecule has 2 aromatic rings. The minimum absolute atomic E-state index is 0.107. The zero-order chi connectivity index (χ0) is 14.0. The Kier molecular flexibility index (Phi) is 3.74. The second kappa shape index (κ2) is 5.30. The van der Waals surface area contributed by atoms with Gasteiger partial charge in [0.15, 0.2) is 0 Å². The van der Waals surface area contributed by atoms with Crippen LogP contribution in [0.25, 0.3) is 11.0 Å². The predicted octanol–water partition coefficient (Wildman–Crippen LogP) is 2.78. The first kappa shape index (κ1) is 13.4. The number of aromatic amines is 1. The zero-order valence-electron chi connectivity index (χ0n) is 11.1. The van der Waals surface area contributed by atoms with Crippen molar-refractivity contribution < 1.29 is 9.90 Å². The number of fused-ring (bicyclic) bond motifs is 1. The Bertz CT molecular complexity index is 654. The van der Waals surface area contributed by atoms with Crippen molar-refractivity contribution in [3.8, 4) is 0 Å². The van der Waals surface area contributed by atoms with Gasteiger partial charge < -0.3 is 10.1 Å². The maximum absolute atomic E-state index is 12.1. The summed E-state index contributed by atoms with van der Waals surface area (Å²) in [7, 11) is 0. The maximum Gasteiger partial charge on any atom is 0.335 e. The fraction of sp³-hybridized carbons (Fsp3) is 0.429. The highest BCUT2D eigenvalue weighted by Crippen LogP contribution is 2.22. The molecule has 0 aliphatic heterocycles. The number of nitrogens with zero attached hydrogens (tertiary/aromatic N) is 1. The van der Waals surface area contributed by atoms with Crippen molar-refractivity contribution in [3.63, 3.8) is 0 Å². The topological polar surface area (TPSA) is 75.1 Å². The van der Waals surface area contributed by atoms with Crippen molar-refractivity contribution >= 4 is 17.0 Å². The second-order valence-corrected chi connectivity index (χ2v) is 4.69. The molecule has 5 heteroatoms. The van der Waals surface area contributed by atoms with Crippen LogP contribution in [-0.4, -0.2) is 20.6 Å². The molecule has 0 amide bonds. The third-order valence-corrected chi connectivity index (χ3v) is 3.42. The molecule has 2 rings (SSSR count). The number of carboxylic acid groups (broad SMARTS) is 1. The van der Waals surface area contributed by atoms with Crippen LogP contribution in [0.5, 0.6) is 0 Å². The molecule has 0 radical (unpaired) electrons. The number of carboxylic acids is 1. The van der Waals surface area contributed by atoms with Crippen LogP contribution in [-0.2, 0) is 0 Å². The Balaban J connectivity index is 2.64. The van der Waals surface area contributed by atoms with Crippen molar-refractivity contribution in [1.82, 2.24) is 9.55 Å². The van der Waals surface area contributed by atoms with E-state index in [2.05, 4.69) is 11.9 Å². The number of hydrogen-bond donors (Lipinski definition) is 2. The molecule has 0 aliphatic carbocycles. The fourth-order valence-corrected chi connectivity index (χ4v) is 2.47. The Hall–Kier alpha value is -2.04. The van der Waals surface area contributed by atoms with E-state index < -0.39 is 5.97 Å². The van der Waals surface area contributed by atoms with Gasteiger partial charge in [0, 0.05) is 6.04 Å². The number of nitrogens with one attached hydrogen (secondary N) is 1. The van der Waals surface area contributed by atoms with Crippen LogP contribution in [0.15, 0.2) is 23.0 Å². The van der Waals surface area contributed by atoms with Crippen LogP contribution in [0.4, 0.5) is 0 Å². The first-order valence-corrected chi connectivity index (χ1v) is 6.56. The lowest BCUT2D eigenvalue weighted by atomic mass is 10.1. The molecular formula is C14H18N2O3. The lowest BCUT2D eigenvalue weighted by molar-refractivity contribution is 0.0697. The highest BCUT2D eigenvalue weighted by atomic mass is 16.4. The van der Waals surface area contributed by atoms with Gasteiger partial charge in [-0.05, 0) is 31.0 Å². The molecule has 1 aromatic carbocycles. The Labute approximate surface area is 110 Å². The van der Waals surface area contributed by atoms with E-state index in [1.807, 2.05) is 6.92 Å². The summed E-state index contributed by atoms with van der Waals surface area (Å²) in [6.45, 7) is 4.11. The number of hydrogen-bond acceptors (Lipinski definition) is 2. The number of aromatic carboxylic acids is 1. The molecule has 0 bridgehead atoms. The molecule has 0 fully saturated rings. The molecule has 0 saturated carbocycles. The van der Waals surface area contributed by atoms with Gasteiger partial charge in [-0.1, -0.05) is 20.3 Å². The molecule has 0 aliphatic rings. The molecule has 0 saturated heterocycles. The summed E-state index contributed by atoms with van der Waals surface area (Å²) in [6, 6.07) is 4.82. The van der Waals surface area contributed by atoms with Gasteiger partial charge in [0.1, 0.15) is 0 Å². The van der Waals surface area contributed by atoms with Crippen molar-refractivity contribution in [2.45, 2.75) is 39.2 Å². The van der Waals surface area contributed by atoms with E-state index in [9.17, 15) is 9.59 Å². The van der Waals surface area contributed by atoms with Gasteiger partial charge in [-0.25, -0.2) is 9.59 Å². The maximum atomic E-state index is 12.1. The van der Waals surface area contributed by atoms with E-state index in [1.54, 1.807) is 16.7 Å². The van der Waals surface area contributed by atoms with Crippen LogP contribution >= 0.6 is 0 Å². The van der Waals surface area contributed by atoms with E-state index in [4.69, 9.17) is 5.11 Å². The average Bonchev–Trinajstić information content (AvgIpc) is 2.71. The molecule has 2 N–H and O–H groups in total. The van der Waals surface area contributed by atoms with E-state index in [0.29, 0.717) is 11.0 Å². The minimum Gasteiger partial charge on any atom is -0.478 e. The minimum atomic E-state index is -0.981. The van der Waals surface area contributed by atoms with Gasteiger partial charge in [0.2, 0.25) is 0 Å². The Morgan fingerprint density at radius 3 is 2.74 bits per heavy atom. The molecule has 1 unspecified atom stereocenters. The smallest absolute Gasteiger partial charge is 0.335 e. The van der Waals surface area contributed by atoms with E-state index in [-0.39, 0.29) is 17.3 Å². The summed E-state index contributed by atoms with van der Waals surface area (Å²) >= 11 is 0. The number of rotatable bonds is 5. The zero-order valence-corrected chi connectivity index (χ0v) is 11.1. The summed E-state index contributed by atoms with van der Waals surface area (Å²) in [5, 5.41) is 9.04. The largest absolute Gasteiger partial charge is 0.478 e. The normalized spacial score (nSPS) is 12.7. The van der Waals surface area contributed by atoms with Gasteiger partial charge >= 0.3 is 11.7 Å². The van der Waals surface area contributed by atoms with Crippen LogP contribution in [0.3, 0.4) is 0 Å². The lowest BCUT2D eigenvalue weighted by Gasteiger charge is -2.15.